The predicted molar refractivity (Wildman–Crippen MR) is 81.8 cm³/mol. The number of nitrogens with one attached hydrogen (secondary N) is 1. The fourth-order valence-corrected chi connectivity index (χ4v) is 2.56. The maximum Gasteiger partial charge on any atom is 0.397 e. The van der Waals surface area contributed by atoms with Gasteiger partial charge in [-0.3, -0.25) is 4.79 Å². The fourth-order valence-electron chi connectivity index (χ4n) is 1.91. The van der Waals surface area contributed by atoms with Gasteiger partial charge in [0.2, 0.25) is 5.91 Å². The first-order valence-electron chi connectivity index (χ1n) is 6.70. The van der Waals surface area contributed by atoms with Crippen LogP contribution in [0.2, 0.25) is 0 Å². The molecule has 6 nitrogen and oxygen atoms in total. The summed E-state index contributed by atoms with van der Waals surface area (Å²) < 4.78 is 38.4. The molecule has 0 unspecified atom stereocenters. The van der Waals surface area contributed by atoms with E-state index in [4.69, 9.17) is 0 Å². The lowest BCUT2D eigenvalue weighted by atomic mass is 10.3. The van der Waals surface area contributed by atoms with E-state index in [-0.39, 0.29) is 5.82 Å². The number of aromatic nitrogens is 4. The zero-order valence-electron chi connectivity index (χ0n) is 12.0. The van der Waals surface area contributed by atoms with Crippen molar-refractivity contribution >= 4 is 23.1 Å². The van der Waals surface area contributed by atoms with Crippen molar-refractivity contribution in [3.8, 4) is 16.5 Å². The minimum atomic E-state index is -4.58. The quantitative estimate of drug-likeness (QED) is 0.781. The van der Waals surface area contributed by atoms with Crippen molar-refractivity contribution < 1.29 is 18.0 Å². The predicted octanol–water partition coefficient (Wildman–Crippen LogP) is 3.28. The van der Waals surface area contributed by atoms with E-state index in [0.29, 0.717) is 11.6 Å². The maximum atomic E-state index is 12.3. The van der Waals surface area contributed by atoms with Gasteiger partial charge in [-0.2, -0.15) is 18.3 Å². The third-order valence-electron chi connectivity index (χ3n) is 2.82. The highest BCUT2D eigenvalue weighted by Gasteiger charge is 2.31. The number of hydrogen-bond donors (Lipinski definition) is 1. The number of carbonyl (C=O) groups is 1. The van der Waals surface area contributed by atoms with Gasteiger partial charge in [-0.25, -0.2) is 14.6 Å². The van der Waals surface area contributed by atoms with Crippen LogP contribution in [0.3, 0.4) is 0 Å². The molecule has 3 heterocycles. The number of thiophene rings is 1. The molecule has 0 fully saturated rings. The summed E-state index contributed by atoms with van der Waals surface area (Å²) >= 11 is 1.37. The molecule has 3 rings (SSSR count). The Bertz CT molecular complexity index is 778. The molecule has 0 aliphatic carbocycles. The number of carbonyl (C=O) groups excluding carboxylic acids is 1. The first kappa shape index (κ1) is 16.1. The summed E-state index contributed by atoms with van der Waals surface area (Å²) in [5.41, 5.74) is 0. The number of amides is 1. The Morgan fingerprint density at radius 3 is 2.75 bits per heavy atom. The molecule has 3 aromatic rings. The second-order valence-corrected chi connectivity index (χ2v) is 5.65. The van der Waals surface area contributed by atoms with Crippen LogP contribution >= 0.6 is 11.3 Å². The minimum absolute atomic E-state index is 0.0202. The second kappa shape index (κ2) is 6.40. The van der Waals surface area contributed by atoms with Crippen molar-refractivity contribution in [2.45, 2.75) is 12.6 Å². The molecule has 24 heavy (non-hydrogen) atoms. The average molecular weight is 353 g/mol. The summed E-state index contributed by atoms with van der Waals surface area (Å²) in [6.07, 6.45) is -3.00. The first-order chi connectivity index (χ1) is 11.4. The molecule has 0 aromatic carbocycles. The van der Waals surface area contributed by atoms with E-state index in [9.17, 15) is 18.0 Å². The lowest BCUT2D eigenvalue weighted by Crippen LogP contribution is -2.22. The van der Waals surface area contributed by atoms with Crippen LogP contribution in [0.5, 0.6) is 0 Å². The van der Waals surface area contributed by atoms with Crippen molar-refractivity contribution in [1.29, 1.82) is 0 Å². The van der Waals surface area contributed by atoms with Crippen LogP contribution in [0, 0.1) is 0 Å². The molecule has 0 bridgehead atoms. The van der Waals surface area contributed by atoms with Crippen molar-refractivity contribution in [3.05, 3.63) is 42.0 Å². The molecule has 0 saturated heterocycles. The van der Waals surface area contributed by atoms with Crippen LogP contribution in [0.4, 0.5) is 19.0 Å². The largest absolute Gasteiger partial charge is 0.397 e. The molecule has 0 saturated carbocycles. The third-order valence-corrected chi connectivity index (χ3v) is 3.69. The van der Waals surface area contributed by atoms with Gasteiger partial charge in [0.25, 0.3) is 0 Å². The zero-order valence-corrected chi connectivity index (χ0v) is 12.8. The summed E-state index contributed by atoms with van der Waals surface area (Å²) in [5.74, 6) is -0.584. The normalized spacial score (nSPS) is 11.5. The van der Waals surface area contributed by atoms with Gasteiger partial charge >= 0.3 is 6.18 Å². The number of halogens is 3. The Kier molecular flexibility index (Phi) is 4.30. The number of alkyl halides is 3. The molecule has 124 valence electrons. The molecule has 0 aliphatic rings. The van der Waals surface area contributed by atoms with Crippen molar-refractivity contribution in [2.24, 2.45) is 0 Å². The Morgan fingerprint density at radius 2 is 2.12 bits per heavy atom. The van der Waals surface area contributed by atoms with Crippen molar-refractivity contribution in [1.82, 2.24) is 19.7 Å². The maximum absolute atomic E-state index is 12.3. The van der Waals surface area contributed by atoms with Gasteiger partial charge < -0.3 is 5.32 Å². The van der Waals surface area contributed by atoms with Gasteiger partial charge in [0.15, 0.2) is 11.6 Å². The number of hydrogen-bond acceptors (Lipinski definition) is 5. The van der Waals surface area contributed by atoms with E-state index in [0.717, 1.165) is 4.88 Å². The van der Waals surface area contributed by atoms with Crippen molar-refractivity contribution in [3.63, 3.8) is 0 Å². The van der Waals surface area contributed by atoms with Gasteiger partial charge in [-0.1, -0.05) is 6.07 Å². The number of anilines is 1. The molecular formula is C14H10F3N5OS. The summed E-state index contributed by atoms with van der Waals surface area (Å²) in [5, 5.41) is 8.00. The molecular weight excluding hydrogens is 343 g/mol. The third kappa shape index (κ3) is 3.96. The average Bonchev–Trinajstić information content (AvgIpc) is 3.19. The van der Waals surface area contributed by atoms with Gasteiger partial charge in [0.1, 0.15) is 12.2 Å². The van der Waals surface area contributed by atoms with Crippen LogP contribution in [-0.2, 0) is 4.79 Å². The molecule has 0 radical (unpaired) electrons. The summed E-state index contributed by atoms with van der Waals surface area (Å²) in [4.78, 5) is 20.7. The molecule has 0 spiro atoms. The highest BCUT2D eigenvalue weighted by atomic mass is 32.1. The summed E-state index contributed by atoms with van der Waals surface area (Å²) in [6.45, 7) is 0. The van der Waals surface area contributed by atoms with E-state index < -0.39 is 18.5 Å². The van der Waals surface area contributed by atoms with E-state index in [1.165, 1.54) is 28.3 Å². The van der Waals surface area contributed by atoms with Crippen LogP contribution in [-0.4, -0.2) is 31.8 Å². The second-order valence-electron chi connectivity index (χ2n) is 4.70. The van der Waals surface area contributed by atoms with Gasteiger partial charge in [0, 0.05) is 18.5 Å². The standard InChI is InChI=1S/C14H10F3N5OS/c15-14(16,17)8-12(23)19-10-7-11(22-5-2-4-18-22)21-13(20-10)9-3-1-6-24-9/h1-7H,8H2,(H,19,20,21,23). The van der Waals surface area contributed by atoms with Crippen LogP contribution < -0.4 is 5.32 Å². The highest BCUT2D eigenvalue weighted by Crippen LogP contribution is 2.25. The SMILES string of the molecule is O=C(CC(F)(F)F)Nc1cc(-n2cccn2)nc(-c2cccs2)n1. The Hall–Kier alpha value is -2.75. The zero-order chi connectivity index (χ0) is 17.2. The number of rotatable bonds is 4. The first-order valence-corrected chi connectivity index (χ1v) is 7.58. The topological polar surface area (TPSA) is 72.7 Å². The van der Waals surface area contributed by atoms with Gasteiger partial charge in [-0.15, -0.1) is 11.3 Å². The summed E-state index contributed by atoms with van der Waals surface area (Å²) in [6, 6.07) is 6.60. The molecule has 1 N–H and O–H groups in total. The van der Waals surface area contributed by atoms with E-state index in [2.05, 4.69) is 20.4 Å². The molecule has 3 aromatic heterocycles. The number of nitrogens with zero attached hydrogens (tertiary/aromatic N) is 4. The lowest BCUT2D eigenvalue weighted by Gasteiger charge is -2.10. The Balaban J connectivity index is 1.95. The Morgan fingerprint density at radius 1 is 1.29 bits per heavy atom. The molecule has 0 aliphatic heterocycles. The van der Waals surface area contributed by atoms with Crippen LogP contribution in [0.25, 0.3) is 16.5 Å². The van der Waals surface area contributed by atoms with Crippen LogP contribution in [0.15, 0.2) is 42.0 Å². The fraction of sp³-hybridized carbons (Fsp3) is 0.143. The van der Waals surface area contributed by atoms with E-state index >= 15 is 0 Å². The Labute approximate surface area is 138 Å². The molecule has 1 amide bonds. The van der Waals surface area contributed by atoms with E-state index in [1.54, 1.807) is 24.4 Å². The van der Waals surface area contributed by atoms with Gasteiger partial charge in [-0.05, 0) is 17.5 Å². The highest BCUT2D eigenvalue weighted by molar-refractivity contribution is 7.13. The van der Waals surface area contributed by atoms with Crippen molar-refractivity contribution in [2.75, 3.05) is 5.32 Å². The minimum Gasteiger partial charge on any atom is -0.310 e. The van der Waals surface area contributed by atoms with E-state index in [1.807, 2.05) is 5.38 Å². The van der Waals surface area contributed by atoms with Gasteiger partial charge in [0.05, 0.1) is 4.88 Å². The van der Waals surface area contributed by atoms with Crippen LogP contribution in [0.1, 0.15) is 6.42 Å². The molecule has 0 atom stereocenters. The summed E-state index contributed by atoms with van der Waals surface area (Å²) in [7, 11) is 0. The lowest BCUT2D eigenvalue weighted by molar-refractivity contribution is -0.150. The smallest absolute Gasteiger partial charge is 0.310 e. The monoisotopic (exact) mass is 353 g/mol. The molecule has 10 heteroatoms.